The van der Waals surface area contributed by atoms with Crippen LogP contribution < -0.4 is 14.8 Å². The topological polar surface area (TPSA) is 66.4 Å². The SMILES string of the molecule is CN=C(NCC1(C(=O)N(C)C)CCCC1)N(C)CCOc1ccc(OC)cc1.I. The van der Waals surface area contributed by atoms with Gasteiger partial charge in [-0.25, -0.2) is 0 Å². The van der Waals surface area contributed by atoms with Gasteiger partial charge in [-0.3, -0.25) is 9.79 Å². The molecule has 0 unspecified atom stereocenters. The molecule has 0 atom stereocenters. The monoisotopic (exact) mass is 518 g/mol. The van der Waals surface area contributed by atoms with Crippen LogP contribution in [-0.2, 0) is 4.79 Å². The number of amides is 1. The Bertz CT molecular complexity index is 658. The minimum Gasteiger partial charge on any atom is -0.497 e. The maximum Gasteiger partial charge on any atom is 0.230 e. The van der Waals surface area contributed by atoms with E-state index < -0.39 is 0 Å². The van der Waals surface area contributed by atoms with Crippen molar-refractivity contribution in [2.45, 2.75) is 25.7 Å². The Balaban J connectivity index is 0.00000420. The normalized spacial score (nSPS) is 15.3. The molecule has 0 spiro atoms. The average Bonchev–Trinajstić information content (AvgIpc) is 3.18. The summed E-state index contributed by atoms with van der Waals surface area (Å²) >= 11 is 0. The Hall–Kier alpha value is -1.71. The first-order valence-corrected chi connectivity index (χ1v) is 9.82. The van der Waals surface area contributed by atoms with E-state index in [1.54, 1.807) is 19.1 Å². The molecule has 29 heavy (non-hydrogen) atoms. The number of carbonyl (C=O) groups excluding carboxylic acids is 1. The Morgan fingerprint density at radius 2 is 1.72 bits per heavy atom. The number of guanidine groups is 1. The lowest BCUT2D eigenvalue weighted by Crippen LogP contribution is -2.50. The van der Waals surface area contributed by atoms with E-state index in [9.17, 15) is 4.79 Å². The number of likely N-dealkylation sites (N-methyl/N-ethyl adjacent to an activating group) is 1. The van der Waals surface area contributed by atoms with Crippen molar-refractivity contribution in [3.8, 4) is 11.5 Å². The quantitative estimate of drug-likeness (QED) is 0.326. The van der Waals surface area contributed by atoms with Gasteiger partial charge in [0, 0.05) is 34.7 Å². The van der Waals surface area contributed by atoms with Crippen molar-refractivity contribution in [1.82, 2.24) is 15.1 Å². The van der Waals surface area contributed by atoms with Crippen molar-refractivity contribution in [2.75, 3.05) is 55.0 Å². The van der Waals surface area contributed by atoms with E-state index in [0.29, 0.717) is 19.7 Å². The van der Waals surface area contributed by atoms with Crippen LogP contribution in [0.15, 0.2) is 29.3 Å². The first-order valence-electron chi connectivity index (χ1n) is 9.82. The summed E-state index contributed by atoms with van der Waals surface area (Å²) in [5.41, 5.74) is -0.320. The number of nitrogens with zero attached hydrogens (tertiary/aromatic N) is 3. The van der Waals surface area contributed by atoms with Crippen LogP contribution in [0.25, 0.3) is 0 Å². The lowest BCUT2D eigenvalue weighted by molar-refractivity contribution is -0.138. The first kappa shape index (κ1) is 25.3. The molecule has 1 amide bonds. The molecule has 1 aliphatic carbocycles. The molecule has 1 N–H and O–H groups in total. The Morgan fingerprint density at radius 1 is 1.14 bits per heavy atom. The molecule has 0 heterocycles. The summed E-state index contributed by atoms with van der Waals surface area (Å²) in [6.07, 6.45) is 4.06. The van der Waals surface area contributed by atoms with Crippen LogP contribution in [0.1, 0.15) is 25.7 Å². The highest BCUT2D eigenvalue weighted by Gasteiger charge is 2.42. The molecule has 2 rings (SSSR count). The van der Waals surface area contributed by atoms with Crippen molar-refractivity contribution in [2.24, 2.45) is 10.4 Å². The van der Waals surface area contributed by atoms with E-state index in [1.165, 1.54) is 0 Å². The summed E-state index contributed by atoms with van der Waals surface area (Å²) in [5, 5.41) is 3.41. The molecule has 1 saturated carbocycles. The second kappa shape index (κ2) is 12.1. The predicted molar refractivity (Wildman–Crippen MR) is 127 cm³/mol. The molecule has 0 aromatic heterocycles. The molecule has 0 radical (unpaired) electrons. The number of ether oxygens (including phenoxy) is 2. The van der Waals surface area contributed by atoms with Gasteiger partial charge in [-0.15, -0.1) is 24.0 Å². The van der Waals surface area contributed by atoms with Crippen molar-refractivity contribution >= 4 is 35.8 Å². The number of carbonyl (C=O) groups is 1. The Morgan fingerprint density at radius 3 is 2.24 bits per heavy atom. The number of aliphatic imine (C=N–C) groups is 1. The van der Waals surface area contributed by atoms with Crippen LogP contribution in [0.2, 0.25) is 0 Å². The van der Waals surface area contributed by atoms with Gasteiger partial charge in [0.2, 0.25) is 5.91 Å². The smallest absolute Gasteiger partial charge is 0.230 e. The molecule has 1 fully saturated rings. The third kappa shape index (κ3) is 6.94. The largest absolute Gasteiger partial charge is 0.497 e. The molecule has 1 aliphatic rings. The van der Waals surface area contributed by atoms with Gasteiger partial charge in [-0.1, -0.05) is 12.8 Å². The number of benzene rings is 1. The van der Waals surface area contributed by atoms with E-state index in [0.717, 1.165) is 43.1 Å². The van der Waals surface area contributed by atoms with Crippen molar-refractivity contribution in [1.29, 1.82) is 0 Å². The van der Waals surface area contributed by atoms with Gasteiger partial charge in [-0.2, -0.15) is 0 Å². The number of hydrogen-bond acceptors (Lipinski definition) is 4. The molecule has 0 saturated heterocycles. The standard InChI is InChI=1S/C21H34N4O3.HI/c1-22-20(23-16-21(12-6-7-13-21)19(26)24(2)3)25(4)14-15-28-18-10-8-17(27-5)9-11-18;/h8-11H,6-7,12-16H2,1-5H3,(H,22,23);1H. The Labute approximate surface area is 191 Å². The zero-order valence-electron chi connectivity index (χ0n) is 18.2. The number of halogens is 1. The molecular weight excluding hydrogens is 483 g/mol. The Kier molecular flexibility index (Phi) is 10.6. The summed E-state index contributed by atoms with van der Waals surface area (Å²) in [6.45, 7) is 1.83. The number of rotatable bonds is 8. The van der Waals surface area contributed by atoms with Gasteiger partial charge >= 0.3 is 0 Å². The van der Waals surface area contributed by atoms with Crippen LogP contribution in [-0.4, -0.2) is 76.7 Å². The van der Waals surface area contributed by atoms with Gasteiger partial charge in [0.05, 0.1) is 19.1 Å². The van der Waals surface area contributed by atoms with Gasteiger partial charge in [-0.05, 0) is 37.1 Å². The van der Waals surface area contributed by atoms with E-state index in [2.05, 4.69) is 10.3 Å². The molecular formula is C21H35IN4O3. The molecule has 7 nitrogen and oxygen atoms in total. The zero-order valence-corrected chi connectivity index (χ0v) is 20.6. The summed E-state index contributed by atoms with van der Waals surface area (Å²) < 4.78 is 10.9. The molecule has 0 aliphatic heterocycles. The molecule has 1 aromatic carbocycles. The summed E-state index contributed by atoms with van der Waals surface area (Å²) in [6, 6.07) is 7.54. The van der Waals surface area contributed by atoms with Crippen molar-refractivity contribution in [3.63, 3.8) is 0 Å². The number of methoxy groups -OCH3 is 1. The number of nitrogens with one attached hydrogen (secondary N) is 1. The minimum absolute atomic E-state index is 0. The van der Waals surface area contributed by atoms with Crippen LogP contribution in [0, 0.1) is 5.41 Å². The summed E-state index contributed by atoms with van der Waals surface area (Å²) in [7, 11) is 9.05. The van der Waals surface area contributed by atoms with Gasteiger partial charge in [0.15, 0.2) is 5.96 Å². The van der Waals surface area contributed by atoms with Crippen LogP contribution in [0.4, 0.5) is 0 Å². The first-order chi connectivity index (χ1) is 13.4. The fraction of sp³-hybridized carbons (Fsp3) is 0.619. The van der Waals surface area contributed by atoms with Crippen molar-refractivity contribution < 1.29 is 14.3 Å². The van der Waals surface area contributed by atoms with Crippen molar-refractivity contribution in [3.05, 3.63) is 24.3 Å². The van der Waals surface area contributed by atoms with E-state index >= 15 is 0 Å². The fourth-order valence-electron chi connectivity index (χ4n) is 3.70. The third-order valence-electron chi connectivity index (χ3n) is 5.33. The highest BCUT2D eigenvalue weighted by Crippen LogP contribution is 2.38. The molecule has 1 aromatic rings. The van der Waals surface area contributed by atoms with E-state index in [-0.39, 0.29) is 35.3 Å². The average molecular weight is 518 g/mol. The fourth-order valence-corrected chi connectivity index (χ4v) is 3.70. The van der Waals surface area contributed by atoms with E-state index in [1.807, 2.05) is 50.3 Å². The molecule has 8 heteroatoms. The summed E-state index contributed by atoms with van der Waals surface area (Å²) in [4.78, 5) is 20.8. The third-order valence-corrected chi connectivity index (χ3v) is 5.33. The van der Waals surface area contributed by atoms with Crippen LogP contribution in [0.3, 0.4) is 0 Å². The lowest BCUT2D eigenvalue weighted by atomic mass is 9.84. The predicted octanol–water partition coefficient (Wildman–Crippen LogP) is 2.85. The lowest BCUT2D eigenvalue weighted by Gasteiger charge is -2.32. The number of hydrogen-bond donors (Lipinski definition) is 1. The highest BCUT2D eigenvalue weighted by molar-refractivity contribution is 14.0. The molecule has 0 bridgehead atoms. The van der Waals surface area contributed by atoms with Gasteiger partial charge < -0.3 is 24.6 Å². The summed E-state index contributed by atoms with van der Waals surface area (Å²) in [5.74, 6) is 2.59. The minimum atomic E-state index is -0.320. The maximum absolute atomic E-state index is 12.7. The maximum atomic E-state index is 12.7. The molecule has 164 valence electrons. The van der Waals surface area contributed by atoms with E-state index in [4.69, 9.17) is 9.47 Å². The zero-order chi connectivity index (χ0) is 20.6. The van der Waals surface area contributed by atoms with Gasteiger partial charge in [0.1, 0.15) is 18.1 Å². The van der Waals surface area contributed by atoms with Crippen LogP contribution >= 0.6 is 24.0 Å². The van der Waals surface area contributed by atoms with Crippen LogP contribution in [0.5, 0.6) is 11.5 Å². The second-order valence-corrected chi connectivity index (χ2v) is 7.53. The highest BCUT2D eigenvalue weighted by atomic mass is 127. The van der Waals surface area contributed by atoms with Gasteiger partial charge in [0.25, 0.3) is 0 Å². The second-order valence-electron chi connectivity index (χ2n) is 7.53.